The molecule has 1 unspecified atom stereocenters. The van der Waals surface area contributed by atoms with E-state index in [1.54, 1.807) is 0 Å². The van der Waals surface area contributed by atoms with Crippen LogP contribution in [0.2, 0.25) is 0 Å². The Balaban J connectivity index is 1.36. The smallest absolute Gasteiger partial charge is 0.221 e. The SMILES string of the molecule is NC1CCC(NC(=O)CC(c2cn(CC3CCCCC3)c3c2CCC=C3)c2cncc3ccc#cc23)CC1. The minimum Gasteiger partial charge on any atom is -0.353 e. The fraction of sp³-hybridized carbons (Fsp3) is 0.515. The minimum atomic E-state index is -0.0723. The third kappa shape index (κ3) is 5.38. The number of amides is 1. The van der Waals surface area contributed by atoms with E-state index in [-0.39, 0.29) is 23.9 Å². The number of hydrogen-bond donors (Lipinski definition) is 2. The van der Waals surface area contributed by atoms with E-state index in [0.29, 0.717) is 6.42 Å². The number of nitrogens with zero attached hydrogens (tertiary/aromatic N) is 2. The Morgan fingerprint density at radius 3 is 2.79 bits per heavy atom. The molecule has 0 spiro atoms. The molecule has 0 saturated heterocycles. The maximum absolute atomic E-state index is 13.6. The van der Waals surface area contributed by atoms with Crippen molar-refractivity contribution in [3.63, 3.8) is 0 Å². The molecule has 3 aromatic rings. The quantitative estimate of drug-likeness (QED) is 0.406. The first-order valence-electron chi connectivity index (χ1n) is 14.7. The summed E-state index contributed by atoms with van der Waals surface area (Å²) >= 11 is 0. The predicted molar refractivity (Wildman–Crippen MR) is 153 cm³/mol. The van der Waals surface area contributed by atoms with Crippen LogP contribution in [0.1, 0.15) is 98.9 Å². The van der Waals surface area contributed by atoms with Crippen molar-refractivity contribution in [2.75, 3.05) is 0 Å². The lowest BCUT2D eigenvalue weighted by molar-refractivity contribution is -0.122. The average Bonchev–Trinajstić information content (AvgIpc) is 3.31. The van der Waals surface area contributed by atoms with Crippen LogP contribution < -0.4 is 11.1 Å². The third-order valence-electron chi connectivity index (χ3n) is 9.10. The highest BCUT2D eigenvalue weighted by Gasteiger charge is 2.29. The average molecular weight is 509 g/mol. The van der Waals surface area contributed by atoms with Crippen LogP contribution in [0.25, 0.3) is 16.8 Å². The second kappa shape index (κ2) is 11.3. The van der Waals surface area contributed by atoms with Gasteiger partial charge in [0.05, 0.1) is 0 Å². The van der Waals surface area contributed by atoms with Crippen molar-refractivity contribution in [2.24, 2.45) is 11.7 Å². The van der Waals surface area contributed by atoms with Gasteiger partial charge in [0.25, 0.3) is 0 Å². The lowest BCUT2D eigenvalue weighted by Crippen LogP contribution is -2.40. The van der Waals surface area contributed by atoms with E-state index in [4.69, 9.17) is 5.73 Å². The van der Waals surface area contributed by atoms with Crippen LogP contribution >= 0.6 is 0 Å². The predicted octanol–water partition coefficient (Wildman–Crippen LogP) is 6.08. The molecule has 2 saturated carbocycles. The number of hydrogen-bond acceptors (Lipinski definition) is 3. The molecule has 2 aromatic heterocycles. The molecule has 38 heavy (non-hydrogen) atoms. The number of nitrogens with one attached hydrogen (secondary N) is 1. The van der Waals surface area contributed by atoms with Crippen LogP contribution in [-0.2, 0) is 17.8 Å². The van der Waals surface area contributed by atoms with Crippen molar-refractivity contribution in [1.29, 1.82) is 0 Å². The van der Waals surface area contributed by atoms with Crippen molar-refractivity contribution in [3.05, 3.63) is 71.3 Å². The Morgan fingerprint density at radius 2 is 1.95 bits per heavy atom. The zero-order chi connectivity index (χ0) is 25.9. The maximum atomic E-state index is 13.6. The van der Waals surface area contributed by atoms with Gasteiger partial charge in [0.15, 0.2) is 0 Å². The number of fused-ring (bicyclic) bond motifs is 2. The summed E-state index contributed by atoms with van der Waals surface area (Å²) in [5, 5.41) is 5.42. The normalized spacial score (nSPS) is 22.6. The van der Waals surface area contributed by atoms with Gasteiger partial charge in [-0.15, -0.1) is 0 Å². The van der Waals surface area contributed by atoms with Gasteiger partial charge in [-0.3, -0.25) is 9.78 Å². The van der Waals surface area contributed by atoms with Gasteiger partial charge in [-0.1, -0.05) is 37.5 Å². The van der Waals surface area contributed by atoms with Gasteiger partial charge in [-0.25, -0.2) is 0 Å². The molecule has 2 heterocycles. The van der Waals surface area contributed by atoms with E-state index in [9.17, 15) is 4.79 Å². The molecule has 198 valence electrons. The van der Waals surface area contributed by atoms with Crippen molar-refractivity contribution in [1.82, 2.24) is 14.9 Å². The molecule has 1 amide bonds. The van der Waals surface area contributed by atoms with Gasteiger partial charge >= 0.3 is 0 Å². The first-order valence-corrected chi connectivity index (χ1v) is 14.7. The summed E-state index contributed by atoms with van der Waals surface area (Å²) in [7, 11) is 0. The molecule has 0 radical (unpaired) electrons. The topological polar surface area (TPSA) is 72.9 Å². The molecular weight excluding hydrogens is 468 g/mol. The molecule has 6 rings (SSSR count). The van der Waals surface area contributed by atoms with Crippen LogP contribution in [0.3, 0.4) is 0 Å². The van der Waals surface area contributed by atoms with Crippen molar-refractivity contribution in [3.8, 4) is 0 Å². The fourth-order valence-corrected chi connectivity index (χ4v) is 7.02. The monoisotopic (exact) mass is 508 g/mol. The Bertz CT molecular complexity index is 1290. The van der Waals surface area contributed by atoms with E-state index in [0.717, 1.165) is 67.3 Å². The Labute approximate surface area is 226 Å². The molecular formula is C33H40N4O. The van der Waals surface area contributed by atoms with Crippen LogP contribution in [0, 0.1) is 18.1 Å². The first-order chi connectivity index (χ1) is 18.7. The largest absolute Gasteiger partial charge is 0.353 e. The van der Waals surface area contributed by atoms with E-state index in [1.807, 2.05) is 24.5 Å². The van der Waals surface area contributed by atoms with E-state index in [2.05, 4.69) is 45.3 Å². The summed E-state index contributed by atoms with van der Waals surface area (Å²) in [4.78, 5) is 18.2. The summed E-state index contributed by atoms with van der Waals surface area (Å²) in [5.74, 6) is 0.787. The number of aromatic nitrogens is 2. The lowest BCUT2D eigenvalue weighted by atomic mass is 9.84. The summed E-state index contributed by atoms with van der Waals surface area (Å²) in [6.07, 6.45) is 23.9. The maximum Gasteiger partial charge on any atom is 0.221 e. The van der Waals surface area contributed by atoms with Gasteiger partial charge in [-0.2, -0.15) is 0 Å². The number of pyridine rings is 1. The van der Waals surface area contributed by atoms with Gasteiger partial charge in [0.1, 0.15) is 0 Å². The standard InChI is InChI=1S/C33H40N4O/c34-25-14-16-26(17-15-25)36-33(38)18-29(30-20-35-19-24-10-4-5-11-27(24)30)31-22-37(21-23-8-2-1-3-9-23)32-13-7-6-12-28(31)32/h4,7,10,13,19-20,22-23,25-26,29H,1-3,6,8-9,12,14-18,21,34H2,(H,36,38). The first kappa shape index (κ1) is 25.2. The molecule has 1 atom stereocenters. The molecule has 3 aliphatic carbocycles. The van der Waals surface area contributed by atoms with Crippen molar-refractivity contribution >= 4 is 22.8 Å². The van der Waals surface area contributed by atoms with Crippen molar-refractivity contribution < 1.29 is 4.79 Å². The second-order valence-corrected chi connectivity index (χ2v) is 11.8. The summed E-state index contributed by atoms with van der Waals surface area (Å²) < 4.78 is 2.50. The number of rotatable bonds is 7. The molecule has 5 heteroatoms. The van der Waals surface area contributed by atoms with Crippen LogP contribution in [-0.4, -0.2) is 27.5 Å². The van der Waals surface area contributed by atoms with Crippen LogP contribution in [0.15, 0.2) is 36.8 Å². The molecule has 1 aromatic carbocycles. The zero-order valence-electron chi connectivity index (χ0n) is 22.4. The highest BCUT2D eigenvalue weighted by molar-refractivity contribution is 5.86. The Morgan fingerprint density at radius 1 is 1.11 bits per heavy atom. The highest BCUT2D eigenvalue weighted by Crippen LogP contribution is 2.39. The Hall–Kier alpha value is -3.10. The second-order valence-electron chi connectivity index (χ2n) is 11.8. The van der Waals surface area contributed by atoms with Crippen LogP contribution in [0.4, 0.5) is 0 Å². The van der Waals surface area contributed by atoms with Gasteiger partial charge < -0.3 is 15.6 Å². The number of carbonyl (C=O) groups is 1. The Kier molecular flexibility index (Phi) is 7.51. The molecule has 3 aliphatic rings. The summed E-state index contributed by atoms with van der Waals surface area (Å²) in [5.41, 5.74) is 11.2. The number of nitrogens with two attached hydrogens (primary N) is 1. The minimum absolute atomic E-state index is 0.0723. The summed E-state index contributed by atoms with van der Waals surface area (Å²) in [6, 6.07) is 10.9. The van der Waals surface area contributed by atoms with Gasteiger partial charge in [0.2, 0.25) is 5.91 Å². The zero-order valence-corrected chi connectivity index (χ0v) is 22.4. The summed E-state index contributed by atoms with van der Waals surface area (Å²) in [6.45, 7) is 1.07. The molecule has 2 fully saturated rings. The van der Waals surface area contributed by atoms with E-state index in [1.165, 1.54) is 48.9 Å². The molecule has 0 bridgehead atoms. The van der Waals surface area contributed by atoms with Crippen LogP contribution in [0.5, 0.6) is 0 Å². The van der Waals surface area contributed by atoms with Gasteiger partial charge in [0, 0.05) is 66.0 Å². The van der Waals surface area contributed by atoms with Gasteiger partial charge in [-0.05, 0) is 92.2 Å². The molecule has 5 nitrogen and oxygen atoms in total. The molecule has 3 N–H and O–H groups in total. The third-order valence-corrected chi connectivity index (χ3v) is 9.10. The van der Waals surface area contributed by atoms with Crippen molar-refractivity contribution in [2.45, 2.75) is 102 Å². The lowest BCUT2D eigenvalue weighted by Gasteiger charge is -2.28. The molecule has 0 aliphatic heterocycles. The fourth-order valence-electron chi connectivity index (χ4n) is 7.02. The van der Waals surface area contributed by atoms with E-state index >= 15 is 0 Å². The number of allylic oxidation sites excluding steroid dienone is 1. The van der Waals surface area contributed by atoms with E-state index < -0.39 is 0 Å². The number of carbonyl (C=O) groups excluding carboxylic acids is 1. The highest BCUT2D eigenvalue weighted by atomic mass is 16.1.